The Balaban J connectivity index is 1.69. The van der Waals surface area contributed by atoms with Crippen LogP contribution in [0.4, 0.5) is 4.79 Å². The Hall–Kier alpha value is -3.35. The molecule has 0 unspecified atom stereocenters. The fourth-order valence-electron chi connectivity index (χ4n) is 3.86. The first kappa shape index (κ1) is 22.3. The molecule has 31 heavy (non-hydrogen) atoms. The van der Waals surface area contributed by atoms with Gasteiger partial charge >= 0.3 is 12.1 Å². The lowest BCUT2D eigenvalue weighted by atomic mass is 9.98. The van der Waals surface area contributed by atoms with E-state index in [2.05, 4.69) is 17.4 Å². The second-order valence-electron chi connectivity index (χ2n) is 8.15. The maximum Gasteiger partial charge on any atom is 0.407 e. The highest BCUT2D eigenvalue weighted by Crippen LogP contribution is 2.44. The van der Waals surface area contributed by atoms with Crippen molar-refractivity contribution in [3.63, 3.8) is 0 Å². The SMILES string of the molecule is CC(C)[C@@H](NC(=O)OCC1c2ccccc2-c2ccccc21)C(=O)N(C)[C@@H](C)C(=O)O. The lowest BCUT2D eigenvalue weighted by molar-refractivity contribution is -0.149. The van der Waals surface area contributed by atoms with Crippen molar-refractivity contribution < 1.29 is 24.2 Å². The Bertz CT molecular complexity index is 942. The Morgan fingerprint density at radius 2 is 1.52 bits per heavy atom. The molecule has 3 rings (SSSR count). The van der Waals surface area contributed by atoms with E-state index in [1.54, 1.807) is 13.8 Å². The number of likely N-dealkylation sites (N-methyl/N-ethyl adjacent to an activating group) is 1. The summed E-state index contributed by atoms with van der Waals surface area (Å²) in [6.07, 6.45) is -0.703. The summed E-state index contributed by atoms with van der Waals surface area (Å²) in [4.78, 5) is 37.6. The molecule has 2 atom stereocenters. The van der Waals surface area contributed by atoms with E-state index < -0.39 is 30.1 Å². The van der Waals surface area contributed by atoms with Gasteiger partial charge in [0.15, 0.2) is 0 Å². The molecule has 0 fully saturated rings. The molecule has 2 amide bonds. The van der Waals surface area contributed by atoms with Gasteiger partial charge in [-0.05, 0) is 35.1 Å². The standard InChI is InChI=1S/C24H28N2O5/c1-14(2)21(22(27)26(4)15(3)23(28)29)25-24(30)31-13-20-18-11-7-5-9-16(18)17-10-6-8-12-19(17)20/h5-12,14-15,20-21H,13H2,1-4H3,(H,25,30)(H,28,29)/t15-,21+/m0/s1. The first-order valence-corrected chi connectivity index (χ1v) is 10.3. The van der Waals surface area contributed by atoms with Gasteiger partial charge in [-0.25, -0.2) is 9.59 Å². The average molecular weight is 424 g/mol. The summed E-state index contributed by atoms with van der Waals surface area (Å²) in [5, 5.41) is 11.8. The summed E-state index contributed by atoms with van der Waals surface area (Å²) in [7, 11) is 1.41. The van der Waals surface area contributed by atoms with Gasteiger partial charge in [-0.1, -0.05) is 62.4 Å². The highest BCUT2D eigenvalue weighted by molar-refractivity contribution is 5.89. The molecule has 0 aliphatic heterocycles. The van der Waals surface area contributed by atoms with Gasteiger partial charge in [0.25, 0.3) is 0 Å². The van der Waals surface area contributed by atoms with Crippen molar-refractivity contribution in [3.8, 4) is 11.1 Å². The number of carboxylic acids is 1. The number of carbonyl (C=O) groups excluding carboxylic acids is 2. The summed E-state index contributed by atoms with van der Waals surface area (Å²) >= 11 is 0. The zero-order chi connectivity index (χ0) is 22.7. The quantitative estimate of drug-likeness (QED) is 0.709. The van der Waals surface area contributed by atoms with Crippen LogP contribution < -0.4 is 5.32 Å². The lowest BCUT2D eigenvalue weighted by Gasteiger charge is -2.29. The highest BCUT2D eigenvalue weighted by atomic mass is 16.5. The molecule has 1 aliphatic rings. The van der Waals surface area contributed by atoms with Crippen LogP contribution in [0.3, 0.4) is 0 Å². The van der Waals surface area contributed by atoms with Gasteiger partial charge in [-0.2, -0.15) is 0 Å². The molecule has 2 N–H and O–H groups in total. The number of alkyl carbamates (subject to hydrolysis) is 1. The zero-order valence-corrected chi connectivity index (χ0v) is 18.2. The number of fused-ring (bicyclic) bond motifs is 3. The van der Waals surface area contributed by atoms with E-state index in [1.807, 2.05) is 36.4 Å². The maximum atomic E-state index is 12.7. The number of amides is 2. The van der Waals surface area contributed by atoms with Crippen molar-refractivity contribution in [2.45, 2.75) is 38.8 Å². The fraction of sp³-hybridized carbons (Fsp3) is 0.375. The molecule has 1 aliphatic carbocycles. The normalized spacial score (nSPS) is 14.4. The Morgan fingerprint density at radius 1 is 1.00 bits per heavy atom. The van der Waals surface area contributed by atoms with Crippen LogP contribution in [0.15, 0.2) is 48.5 Å². The predicted octanol–water partition coefficient (Wildman–Crippen LogP) is 3.48. The van der Waals surface area contributed by atoms with Gasteiger partial charge < -0.3 is 20.1 Å². The third-order valence-electron chi connectivity index (χ3n) is 5.84. The Morgan fingerprint density at radius 3 is 2.00 bits per heavy atom. The van der Waals surface area contributed by atoms with Crippen molar-refractivity contribution >= 4 is 18.0 Å². The summed E-state index contributed by atoms with van der Waals surface area (Å²) in [6, 6.07) is 14.2. The van der Waals surface area contributed by atoms with Crippen LogP contribution >= 0.6 is 0 Å². The number of hydrogen-bond acceptors (Lipinski definition) is 4. The third kappa shape index (κ3) is 4.55. The lowest BCUT2D eigenvalue weighted by Crippen LogP contribution is -2.53. The number of nitrogens with one attached hydrogen (secondary N) is 1. The fourth-order valence-corrected chi connectivity index (χ4v) is 3.86. The number of carboxylic acid groups (broad SMARTS) is 1. The molecule has 164 valence electrons. The van der Waals surface area contributed by atoms with E-state index in [0.717, 1.165) is 27.2 Å². The molecule has 0 saturated carbocycles. The topological polar surface area (TPSA) is 95.9 Å². The smallest absolute Gasteiger partial charge is 0.407 e. The molecule has 2 aromatic carbocycles. The molecular formula is C24H28N2O5. The van der Waals surface area contributed by atoms with Crippen LogP contribution in [0.1, 0.15) is 37.8 Å². The van der Waals surface area contributed by atoms with Crippen LogP contribution in [0.25, 0.3) is 11.1 Å². The second-order valence-corrected chi connectivity index (χ2v) is 8.15. The van der Waals surface area contributed by atoms with E-state index in [1.165, 1.54) is 14.0 Å². The molecule has 2 aromatic rings. The summed E-state index contributed by atoms with van der Waals surface area (Å²) in [5.41, 5.74) is 4.46. The van der Waals surface area contributed by atoms with Gasteiger partial charge in [0, 0.05) is 13.0 Å². The molecule has 0 saturated heterocycles. The molecule has 0 bridgehead atoms. The monoisotopic (exact) mass is 424 g/mol. The van der Waals surface area contributed by atoms with Gasteiger partial charge in [0.1, 0.15) is 18.7 Å². The van der Waals surface area contributed by atoms with E-state index in [-0.39, 0.29) is 18.4 Å². The number of rotatable bonds is 7. The van der Waals surface area contributed by atoms with Crippen LogP contribution in [-0.2, 0) is 14.3 Å². The van der Waals surface area contributed by atoms with Gasteiger partial charge in [-0.15, -0.1) is 0 Å². The molecule has 0 aromatic heterocycles. The van der Waals surface area contributed by atoms with Crippen LogP contribution in [-0.4, -0.2) is 53.7 Å². The maximum absolute atomic E-state index is 12.7. The third-order valence-corrected chi connectivity index (χ3v) is 5.84. The zero-order valence-electron chi connectivity index (χ0n) is 18.2. The second kappa shape index (κ2) is 9.20. The van der Waals surface area contributed by atoms with Crippen LogP contribution in [0.5, 0.6) is 0 Å². The van der Waals surface area contributed by atoms with Crippen molar-refractivity contribution in [1.82, 2.24) is 10.2 Å². The van der Waals surface area contributed by atoms with Gasteiger partial charge in [-0.3, -0.25) is 4.79 Å². The highest BCUT2D eigenvalue weighted by Gasteiger charge is 2.33. The predicted molar refractivity (Wildman–Crippen MR) is 117 cm³/mol. The first-order chi connectivity index (χ1) is 14.7. The number of nitrogens with zero attached hydrogens (tertiary/aromatic N) is 1. The van der Waals surface area contributed by atoms with Gasteiger partial charge in [0.05, 0.1) is 0 Å². The van der Waals surface area contributed by atoms with Crippen molar-refractivity contribution in [3.05, 3.63) is 59.7 Å². The summed E-state index contributed by atoms with van der Waals surface area (Å²) in [6.45, 7) is 5.13. The van der Waals surface area contributed by atoms with E-state index in [0.29, 0.717) is 0 Å². The van der Waals surface area contributed by atoms with E-state index >= 15 is 0 Å². The van der Waals surface area contributed by atoms with Gasteiger partial charge in [0.2, 0.25) is 5.91 Å². The minimum atomic E-state index is -1.11. The van der Waals surface area contributed by atoms with Crippen LogP contribution in [0.2, 0.25) is 0 Å². The molecule has 0 spiro atoms. The summed E-state index contributed by atoms with van der Waals surface area (Å²) < 4.78 is 5.52. The number of hydrogen-bond donors (Lipinski definition) is 2. The number of aliphatic carboxylic acids is 1. The molecule has 0 radical (unpaired) electrons. The van der Waals surface area contributed by atoms with Crippen molar-refractivity contribution in [2.24, 2.45) is 5.92 Å². The number of carbonyl (C=O) groups is 3. The van der Waals surface area contributed by atoms with E-state index in [4.69, 9.17) is 9.84 Å². The number of benzene rings is 2. The molecule has 7 nitrogen and oxygen atoms in total. The van der Waals surface area contributed by atoms with E-state index in [9.17, 15) is 14.4 Å². The summed E-state index contributed by atoms with van der Waals surface area (Å²) in [5.74, 6) is -1.91. The Kier molecular flexibility index (Phi) is 6.63. The minimum Gasteiger partial charge on any atom is -0.480 e. The molecular weight excluding hydrogens is 396 g/mol. The number of ether oxygens (including phenoxy) is 1. The average Bonchev–Trinajstić information content (AvgIpc) is 3.08. The largest absolute Gasteiger partial charge is 0.480 e. The Labute approximate surface area is 182 Å². The minimum absolute atomic E-state index is 0.0824. The molecule has 0 heterocycles. The van der Waals surface area contributed by atoms with Crippen molar-refractivity contribution in [1.29, 1.82) is 0 Å². The molecule has 7 heteroatoms. The van der Waals surface area contributed by atoms with Crippen LogP contribution in [0, 0.1) is 5.92 Å². The first-order valence-electron chi connectivity index (χ1n) is 10.3. The van der Waals surface area contributed by atoms with Crippen molar-refractivity contribution in [2.75, 3.05) is 13.7 Å².